The van der Waals surface area contributed by atoms with Crippen molar-refractivity contribution >= 4 is 6.03 Å². The average molecular weight is 328 g/mol. The maximum Gasteiger partial charge on any atom is 0.318 e. The van der Waals surface area contributed by atoms with Gasteiger partial charge >= 0.3 is 6.03 Å². The molecule has 0 saturated carbocycles. The molecule has 6 heteroatoms. The molecule has 0 radical (unpaired) electrons. The molecule has 0 spiro atoms. The summed E-state index contributed by atoms with van der Waals surface area (Å²) in [6, 6.07) is 7.94. The van der Waals surface area contributed by atoms with Crippen LogP contribution in [0.25, 0.3) is 0 Å². The Labute approximate surface area is 142 Å². The fourth-order valence-corrected chi connectivity index (χ4v) is 3.16. The van der Waals surface area contributed by atoms with E-state index < -0.39 is 0 Å². The molecule has 1 saturated heterocycles. The number of piperidine rings is 1. The minimum atomic E-state index is -0.0179. The molecule has 1 atom stereocenters. The first-order valence-electron chi connectivity index (χ1n) is 8.44. The van der Waals surface area contributed by atoms with E-state index in [4.69, 9.17) is 4.74 Å². The number of carbonyl (C=O) groups is 1. The predicted octanol–water partition coefficient (Wildman–Crippen LogP) is 2.74. The van der Waals surface area contributed by atoms with Gasteiger partial charge in [-0.1, -0.05) is 0 Å². The summed E-state index contributed by atoms with van der Waals surface area (Å²) in [6.07, 6.45) is 8.62. The Morgan fingerprint density at radius 1 is 1.38 bits per heavy atom. The Morgan fingerprint density at radius 2 is 2.29 bits per heavy atom. The van der Waals surface area contributed by atoms with Crippen molar-refractivity contribution in [2.45, 2.75) is 25.3 Å². The minimum absolute atomic E-state index is 0.0179. The standard InChI is InChI=1S/C18H24N4O2/c1-21-11-5-8-16(21)17-7-2-3-12-22(17)18(23)20-10-13-24-15-6-4-9-19-14-15/h4-6,8-9,11,14,17H,2-3,7,10,12-13H2,1H3,(H,20,23)/t17-/m0/s1. The molecular formula is C18H24N4O2. The van der Waals surface area contributed by atoms with Crippen LogP contribution in [0, 0.1) is 0 Å². The molecule has 6 nitrogen and oxygen atoms in total. The van der Waals surface area contributed by atoms with Gasteiger partial charge in [-0.15, -0.1) is 0 Å². The zero-order chi connectivity index (χ0) is 16.8. The Morgan fingerprint density at radius 3 is 3.04 bits per heavy atom. The number of rotatable bonds is 5. The van der Waals surface area contributed by atoms with E-state index in [-0.39, 0.29) is 12.1 Å². The largest absolute Gasteiger partial charge is 0.490 e. The number of nitrogens with one attached hydrogen (secondary N) is 1. The molecule has 0 aromatic carbocycles. The highest BCUT2D eigenvalue weighted by Gasteiger charge is 2.29. The van der Waals surface area contributed by atoms with Crippen LogP contribution in [0.15, 0.2) is 42.9 Å². The second-order valence-corrected chi connectivity index (χ2v) is 6.02. The molecule has 0 bridgehead atoms. The first-order valence-corrected chi connectivity index (χ1v) is 8.44. The van der Waals surface area contributed by atoms with Crippen molar-refractivity contribution in [3.8, 4) is 5.75 Å². The van der Waals surface area contributed by atoms with Crippen molar-refractivity contribution < 1.29 is 9.53 Å². The number of aryl methyl sites for hydroxylation is 1. The van der Waals surface area contributed by atoms with Crippen LogP contribution in [0.5, 0.6) is 5.75 Å². The second-order valence-electron chi connectivity index (χ2n) is 6.02. The van der Waals surface area contributed by atoms with Gasteiger partial charge in [-0.2, -0.15) is 0 Å². The van der Waals surface area contributed by atoms with Crippen LogP contribution in [0.2, 0.25) is 0 Å². The molecule has 1 fully saturated rings. The summed E-state index contributed by atoms with van der Waals surface area (Å²) >= 11 is 0. The quantitative estimate of drug-likeness (QED) is 0.859. The normalized spacial score (nSPS) is 17.5. The molecule has 2 aromatic heterocycles. The summed E-state index contributed by atoms with van der Waals surface area (Å²) in [4.78, 5) is 18.5. The van der Waals surface area contributed by atoms with Gasteiger partial charge in [0.1, 0.15) is 12.4 Å². The third kappa shape index (κ3) is 3.88. The first-order chi connectivity index (χ1) is 11.8. The molecule has 1 aliphatic heterocycles. The van der Waals surface area contributed by atoms with Crippen LogP contribution in [0.4, 0.5) is 4.79 Å². The SMILES string of the molecule is Cn1cccc1[C@@H]1CCCCN1C(=O)NCCOc1cccnc1. The lowest BCUT2D eigenvalue weighted by atomic mass is 10.00. The molecule has 2 aromatic rings. The summed E-state index contributed by atoms with van der Waals surface area (Å²) in [5.74, 6) is 0.714. The number of carbonyl (C=O) groups excluding carboxylic acids is 1. The Bertz CT molecular complexity index is 656. The molecular weight excluding hydrogens is 304 g/mol. The van der Waals surface area contributed by atoms with Crippen LogP contribution in [0.1, 0.15) is 31.0 Å². The van der Waals surface area contributed by atoms with Crippen molar-refractivity contribution in [2.24, 2.45) is 7.05 Å². The molecule has 0 unspecified atom stereocenters. The number of urea groups is 1. The number of likely N-dealkylation sites (tertiary alicyclic amines) is 1. The van der Waals surface area contributed by atoms with Crippen molar-refractivity contribution in [2.75, 3.05) is 19.7 Å². The molecule has 24 heavy (non-hydrogen) atoms. The summed E-state index contributed by atoms with van der Waals surface area (Å²) in [5.41, 5.74) is 1.19. The lowest BCUT2D eigenvalue weighted by molar-refractivity contribution is 0.146. The van der Waals surface area contributed by atoms with Crippen molar-refractivity contribution in [1.29, 1.82) is 0 Å². The number of aromatic nitrogens is 2. The predicted molar refractivity (Wildman–Crippen MR) is 91.8 cm³/mol. The third-order valence-electron chi connectivity index (χ3n) is 4.37. The number of nitrogens with zero attached hydrogens (tertiary/aromatic N) is 3. The zero-order valence-corrected chi connectivity index (χ0v) is 14.0. The van der Waals surface area contributed by atoms with E-state index in [0.717, 1.165) is 25.8 Å². The lowest BCUT2D eigenvalue weighted by Crippen LogP contribution is -2.46. The second kappa shape index (κ2) is 7.86. The number of hydrogen-bond acceptors (Lipinski definition) is 3. The van der Waals surface area contributed by atoms with Gasteiger partial charge in [-0.25, -0.2) is 4.79 Å². The highest BCUT2D eigenvalue weighted by molar-refractivity contribution is 5.74. The monoisotopic (exact) mass is 328 g/mol. The summed E-state index contributed by atoms with van der Waals surface area (Å²) in [6.45, 7) is 1.70. The van der Waals surface area contributed by atoms with Gasteiger partial charge < -0.3 is 19.5 Å². The highest BCUT2D eigenvalue weighted by atomic mass is 16.5. The molecule has 128 valence electrons. The van der Waals surface area contributed by atoms with E-state index in [9.17, 15) is 4.79 Å². The lowest BCUT2D eigenvalue weighted by Gasteiger charge is -2.36. The Hall–Kier alpha value is -2.50. The van der Waals surface area contributed by atoms with Crippen LogP contribution < -0.4 is 10.1 Å². The number of amides is 2. The summed E-state index contributed by atoms with van der Waals surface area (Å²) in [7, 11) is 2.03. The van der Waals surface area contributed by atoms with Gasteiger partial charge in [-0.3, -0.25) is 4.98 Å². The molecule has 3 heterocycles. The maximum atomic E-state index is 12.6. The molecule has 0 aliphatic carbocycles. The highest BCUT2D eigenvalue weighted by Crippen LogP contribution is 2.30. The van der Waals surface area contributed by atoms with Gasteiger partial charge in [0.25, 0.3) is 0 Å². The van der Waals surface area contributed by atoms with Crippen molar-refractivity contribution in [3.05, 3.63) is 48.5 Å². The smallest absolute Gasteiger partial charge is 0.318 e. The third-order valence-corrected chi connectivity index (χ3v) is 4.37. The van der Waals surface area contributed by atoms with E-state index in [2.05, 4.69) is 20.9 Å². The zero-order valence-electron chi connectivity index (χ0n) is 14.0. The van der Waals surface area contributed by atoms with Crippen LogP contribution in [-0.2, 0) is 7.05 Å². The van der Waals surface area contributed by atoms with E-state index in [0.29, 0.717) is 18.9 Å². The van der Waals surface area contributed by atoms with Gasteiger partial charge in [0.15, 0.2) is 0 Å². The van der Waals surface area contributed by atoms with Crippen LogP contribution in [-0.4, -0.2) is 40.2 Å². The Balaban J connectivity index is 1.52. The van der Waals surface area contributed by atoms with Gasteiger partial charge in [0.2, 0.25) is 0 Å². The van der Waals surface area contributed by atoms with Crippen molar-refractivity contribution in [1.82, 2.24) is 19.8 Å². The topological polar surface area (TPSA) is 59.4 Å². The number of hydrogen-bond donors (Lipinski definition) is 1. The van der Waals surface area contributed by atoms with E-state index >= 15 is 0 Å². The molecule has 3 rings (SSSR count). The first kappa shape index (κ1) is 16.4. The fourth-order valence-electron chi connectivity index (χ4n) is 3.16. The van der Waals surface area contributed by atoms with E-state index in [1.54, 1.807) is 12.4 Å². The Kier molecular flexibility index (Phi) is 5.36. The van der Waals surface area contributed by atoms with Gasteiger partial charge in [0.05, 0.1) is 18.8 Å². The average Bonchev–Trinajstić information content (AvgIpc) is 3.05. The van der Waals surface area contributed by atoms with E-state index in [1.807, 2.05) is 36.3 Å². The van der Waals surface area contributed by atoms with Crippen molar-refractivity contribution in [3.63, 3.8) is 0 Å². The maximum absolute atomic E-state index is 12.6. The molecule has 2 amide bonds. The number of pyridine rings is 1. The fraction of sp³-hybridized carbons (Fsp3) is 0.444. The minimum Gasteiger partial charge on any atom is -0.490 e. The molecule has 1 N–H and O–H groups in total. The van der Waals surface area contributed by atoms with Gasteiger partial charge in [0, 0.05) is 31.7 Å². The van der Waals surface area contributed by atoms with Gasteiger partial charge in [-0.05, 0) is 43.5 Å². The van der Waals surface area contributed by atoms with E-state index in [1.165, 1.54) is 5.69 Å². The van der Waals surface area contributed by atoms with Crippen LogP contribution >= 0.6 is 0 Å². The number of ether oxygens (including phenoxy) is 1. The summed E-state index contributed by atoms with van der Waals surface area (Å²) < 4.78 is 7.66. The molecule has 1 aliphatic rings. The van der Waals surface area contributed by atoms with Crippen LogP contribution in [0.3, 0.4) is 0 Å². The summed E-state index contributed by atoms with van der Waals surface area (Å²) in [5, 5.41) is 2.97.